The standard InChI is InChI=1S/C25H15N/c1-2-8-18-15-23-22(14-17(18)7-1)20-10-5-13-26-25(20)21-12-11-16-6-3-4-9-19(16)24(21)23/h1-15H. The summed E-state index contributed by atoms with van der Waals surface area (Å²) in [5.74, 6) is 0. The van der Waals surface area contributed by atoms with E-state index in [1.807, 2.05) is 12.3 Å². The fourth-order valence-electron chi connectivity index (χ4n) is 4.27. The molecule has 0 unspecified atom stereocenters. The number of hydrogen-bond donors (Lipinski definition) is 0. The van der Waals surface area contributed by atoms with Crippen molar-refractivity contribution in [3.8, 4) is 0 Å². The first-order valence-corrected chi connectivity index (χ1v) is 8.91. The summed E-state index contributed by atoms with van der Waals surface area (Å²) in [6.07, 6.45) is 1.89. The van der Waals surface area contributed by atoms with Gasteiger partial charge in [-0.2, -0.15) is 0 Å². The van der Waals surface area contributed by atoms with Crippen molar-refractivity contribution in [1.82, 2.24) is 4.98 Å². The molecule has 0 N–H and O–H groups in total. The Kier molecular flexibility index (Phi) is 2.67. The van der Waals surface area contributed by atoms with Crippen LogP contribution in [0.2, 0.25) is 0 Å². The molecule has 0 atom stereocenters. The normalized spacial score (nSPS) is 11.8. The summed E-state index contributed by atoms with van der Waals surface area (Å²) in [6.45, 7) is 0. The van der Waals surface area contributed by atoms with E-state index in [9.17, 15) is 0 Å². The first-order chi connectivity index (χ1) is 12.9. The Morgan fingerprint density at radius 1 is 0.462 bits per heavy atom. The summed E-state index contributed by atoms with van der Waals surface area (Å²) in [4.78, 5) is 4.75. The van der Waals surface area contributed by atoms with E-state index in [4.69, 9.17) is 4.98 Å². The highest BCUT2D eigenvalue weighted by Crippen LogP contribution is 2.39. The molecule has 0 aliphatic heterocycles. The van der Waals surface area contributed by atoms with Crippen molar-refractivity contribution in [2.45, 2.75) is 0 Å². The number of fused-ring (bicyclic) bond motifs is 9. The molecule has 0 bridgehead atoms. The number of rotatable bonds is 0. The molecule has 6 aromatic rings. The molecule has 0 saturated heterocycles. The Hall–Kier alpha value is -3.45. The third-order valence-electron chi connectivity index (χ3n) is 5.44. The van der Waals surface area contributed by atoms with Gasteiger partial charge in [-0.05, 0) is 55.9 Å². The Balaban J connectivity index is 2.03. The van der Waals surface area contributed by atoms with Gasteiger partial charge < -0.3 is 0 Å². The molecule has 0 amide bonds. The fraction of sp³-hybridized carbons (Fsp3) is 0. The van der Waals surface area contributed by atoms with Crippen molar-refractivity contribution in [1.29, 1.82) is 0 Å². The molecule has 0 aliphatic rings. The Labute approximate surface area is 150 Å². The minimum Gasteiger partial charge on any atom is -0.256 e. The number of hydrogen-bond acceptors (Lipinski definition) is 1. The molecule has 1 aromatic heterocycles. The molecular formula is C25H15N. The summed E-state index contributed by atoms with van der Waals surface area (Å²) in [5.41, 5.74) is 1.08. The van der Waals surface area contributed by atoms with Gasteiger partial charge in [-0.15, -0.1) is 0 Å². The van der Waals surface area contributed by atoms with Gasteiger partial charge in [-0.3, -0.25) is 4.98 Å². The first-order valence-electron chi connectivity index (χ1n) is 8.91. The molecule has 0 radical (unpaired) electrons. The number of nitrogens with zero attached hydrogens (tertiary/aromatic N) is 1. The Bertz CT molecular complexity index is 1450. The van der Waals surface area contributed by atoms with Crippen LogP contribution in [-0.4, -0.2) is 4.98 Å². The predicted octanol–water partition coefficient (Wildman–Crippen LogP) is 6.85. The highest BCUT2D eigenvalue weighted by atomic mass is 14.6. The van der Waals surface area contributed by atoms with Crippen LogP contribution in [0.15, 0.2) is 91.1 Å². The predicted molar refractivity (Wildman–Crippen MR) is 112 cm³/mol. The third kappa shape index (κ3) is 1.77. The van der Waals surface area contributed by atoms with Crippen LogP contribution >= 0.6 is 0 Å². The van der Waals surface area contributed by atoms with Crippen LogP contribution in [0.1, 0.15) is 0 Å². The summed E-state index contributed by atoms with van der Waals surface area (Å²) < 4.78 is 0. The van der Waals surface area contributed by atoms with Gasteiger partial charge in [-0.1, -0.05) is 66.7 Å². The average Bonchev–Trinajstić information content (AvgIpc) is 2.72. The zero-order valence-corrected chi connectivity index (χ0v) is 14.1. The van der Waals surface area contributed by atoms with Crippen LogP contribution in [0.3, 0.4) is 0 Å². The maximum atomic E-state index is 4.75. The molecular weight excluding hydrogens is 314 g/mol. The van der Waals surface area contributed by atoms with Crippen LogP contribution in [0, 0.1) is 0 Å². The van der Waals surface area contributed by atoms with Crippen molar-refractivity contribution in [2.24, 2.45) is 0 Å². The van der Waals surface area contributed by atoms with Gasteiger partial charge in [0.1, 0.15) is 0 Å². The van der Waals surface area contributed by atoms with Gasteiger partial charge in [0.25, 0.3) is 0 Å². The second-order valence-electron chi connectivity index (χ2n) is 6.85. The molecule has 6 rings (SSSR count). The van der Waals surface area contributed by atoms with Gasteiger partial charge in [0.2, 0.25) is 0 Å². The summed E-state index contributed by atoms with van der Waals surface area (Å²) in [6, 6.07) is 30.5. The van der Waals surface area contributed by atoms with Crippen molar-refractivity contribution in [3.05, 3.63) is 91.1 Å². The number of aromatic nitrogens is 1. The molecule has 0 fully saturated rings. The third-order valence-corrected chi connectivity index (χ3v) is 5.44. The smallest absolute Gasteiger partial charge is 0.0786 e. The number of pyridine rings is 1. The highest BCUT2D eigenvalue weighted by Gasteiger charge is 2.12. The Morgan fingerprint density at radius 3 is 2.00 bits per heavy atom. The van der Waals surface area contributed by atoms with E-state index in [-0.39, 0.29) is 0 Å². The van der Waals surface area contributed by atoms with Crippen LogP contribution in [0.25, 0.3) is 54.0 Å². The molecule has 0 spiro atoms. The molecule has 1 heteroatoms. The van der Waals surface area contributed by atoms with Gasteiger partial charge in [0.05, 0.1) is 5.52 Å². The van der Waals surface area contributed by atoms with Crippen molar-refractivity contribution < 1.29 is 0 Å². The molecule has 0 aliphatic carbocycles. The first kappa shape index (κ1) is 13.8. The van der Waals surface area contributed by atoms with E-state index in [1.165, 1.54) is 48.5 Å². The van der Waals surface area contributed by atoms with Crippen LogP contribution < -0.4 is 0 Å². The van der Waals surface area contributed by atoms with E-state index < -0.39 is 0 Å². The van der Waals surface area contributed by atoms with Crippen LogP contribution in [0.5, 0.6) is 0 Å². The zero-order valence-electron chi connectivity index (χ0n) is 14.1. The topological polar surface area (TPSA) is 12.9 Å². The summed E-state index contributed by atoms with van der Waals surface area (Å²) in [7, 11) is 0. The van der Waals surface area contributed by atoms with Crippen molar-refractivity contribution in [2.75, 3.05) is 0 Å². The summed E-state index contributed by atoms with van der Waals surface area (Å²) >= 11 is 0. The van der Waals surface area contributed by atoms with E-state index in [0.717, 1.165) is 5.52 Å². The lowest BCUT2D eigenvalue weighted by atomic mass is 9.91. The monoisotopic (exact) mass is 329 g/mol. The van der Waals surface area contributed by atoms with E-state index in [1.54, 1.807) is 0 Å². The molecule has 1 heterocycles. The van der Waals surface area contributed by atoms with E-state index in [0.29, 0.717) is 0 Å². The largest absolute Gasteiger partial charge is 0.256 e. The molecule has 5 aromatic carbocycles. The quantitative estimate of drug-likeness (QED) is 0.219. The highest BCUT2D eigenvalue weighted by molar-refractivity contribution is 6.31. The SMILES string of the molecule is c1ccc2cc3c(cc2c1)c1cccnc1c1ccc2ccccc2c31. The van der Waals surface area contributed by atoms with Gasteiger partial charge >= 0.3 is 0 Å². The number of benzene rings is 5. The average molecular weight is 329 g/mol. The van der Waals surface area contributed by atoms with Crippen molar-refractivity contribution >= 4 is 54.0 Å². The van der Waals surface area contributed by atoms with Gasteiger partial charge in [0.15, 0.2) is 0 Å². The van der Waals surface area contributed by atoms with Gasteiger partial charge in [0, 0.05) is 17.0 Å². The maximum absolute atomic E-state index is 4.75. The lowest BCUT2D eigenvalue weighted by Gasteiger charge is -2.13. The second kappa shape index (κ2) is 5.03. The van der Waals surface area contributed by atoms with Crippen LogP contribution in [0.4, 0.5) is 0 Å². The van der Waals surface area contributed by atoms with Gasteiger partial charge in [-0.25, -0.2) is 0 Å². The minimum absolute atomic E-state index is 1.08. The fourth-order valence-corrected chi connectivity index (χ4v) is 4.27. The van der Waals surface area contributed by atoms with Crippen LogP contribution in [-0.2, 0) is 0 Å². The lowest BCUT2D eigenvalue weighted by molar-refractivity contribution is 1.43. The summed E-state index contributed by atoms with van der Waals surface area (Å²) in [5, 5.41) is 11.4. The maximum Gasteiger partial charge on any atom is 0.0786 e. The minimum atomic E-state index is 1.08. The Morgan fingerprint density at radius 2 is 1.15 bits per heavy atom. The zero-order chi connectivity index (χ0) is 17.1. The molecule has 0 saturated carbocycles. The molecule has 120 valence electrons. The van der Waals surface area contributed by atoms with Crippen molar-refractivity contribution in [3.63, 3.8) is 0 Å². The van der Waals surface area contributed by atoms with E-state index in [2.05, 4.69) is 78.9 Å². The second-order valence-corrected chi connectivity index (χ2v) is 6.85. The molecule has 1 nitrogen and oxygen atoms in total. The molecule has 26 heavy (non-hydrogen) atoms. The lowest BCUT2D eigenvalue weighted by Crippen LogP contribution is -1.87. The van der Waals surface area contributed by atoms with E-state index >= 15 is 0 Å².